The third-order valence-electron chi connectivity index (χ3n) is 4.51. The lowest BCUT2D eigenvalue weighted by Gasteiger charge is -2.05. The first-order valence-electron chi connectivity index (χ1n) is 9.26. The van der Waals surface area contributed by atoms with E-state index in [9.17, 15) is 4.79 Å². The maximum atomic E-state index is 12.4. The number of nitrogens with zero attached hydrogens (tertiary/aromatic N) is 3. The summed E-state index contributed by atoms with van der Waals surface area (Å²) in [7, 11) is 0. The summed E-state index contributed by atoms with van der Waals surface area (Å²) in [6, 6.07) is 15.4. The number of benzene rings is 2. The number of ether oxygens (including phenoxy) is 1. The van der Waals surface area contributed by atoms with Gasteiger partial charge in [-0.05, 0) is 49.2 Å². The van der Waals surface area contributed by atoms with E-state index < -0.39 is 0 Å². The number of imidazole rings is 1. The van der Waals surface area contributed by atoms with Gasteiger partial charge in [0.25, 0.3) is 0 Å². The summed E-state index contributed by atoms with van der Waals surface area (Å²) in [6.45, 7) is 4.46. The predicted octanol–water partition coefficient (Wildman–Crippen LogP) is 4.05. The molecule has 2 aromatic carbocycles. The Bertz CT molecular complexity index is 1090. The number of carbonyl (C=O) groups is 1. The van der Waals surface area contributed by atoms with Gasteiger partial charge in [-0.2, -0.15) is 4.52 Å². The van der Waals surface area contributed by atoms with Crippen LogP contribution in [-0.4, -0.2) is 27.0 Å². The zero-order valence-electron chi connectivity index (χ0n) is 15.9. The molecule has 0 N–H and O–H groups in total. The van der Waals surface area contributed by atoms with Crippen molar-refractivity contribution in [1.29, 1.82) is 0 Å². The van der Waals surface area contributed by atoms with Crippen molar-refractivity contribution in [1.82, 2.24) is 14.6 Å². The van der Waals surface area contributed by atoms with Crippen LogP contribution in [0.1, 0.15) is 23.9 Å². The van der Waals surface area contributed by atoms with E-state index in [0.29, 0.717) is 31.1 Å². The van der Waals surface area contributed by atoms with Crippen LogP contribution < -0.4 is 4.74 Å². The number of fused-ring (bicyclic) bond motifs is 1. The Morgan fingerprint density at radius 2 is 1.68 bits per heavy atom. The first-order valence-corrected chi connectivity index (χ1v) is 9.26. The Kier molecular flexibility index (Phi) is 4.93. The van der Waals surface area contributed by atoms with E-state index in [1.165, 1.54) is 0 Å². The molecule has 6 heteroatoms. The zero-order valence-corrected chi connectivity index (χ0v) is 15.9. The molecule has 2 aromatic heterocycles. The van der Waals surface area contributed by atoms with Crippen molar-refractivity contribution in [3.8, 4) is 17.2 Å². The smallest absolute Gasteiger partial charge is 0.246 e. The van der Waals surface area contributed by atoms with Crippen LogP contribution in [0.15, 0.2) is 59.1 Å². The summed E-state index contributed by atoms with van der Waals surface area (Å²) in [5, 5.41) is 4.42. The van der Waals surface area contributed by atoms with Gasteiger partial charge < -0.3 is 9.15 Å². The van der Waals surface area contributed by atoms with Crippen LogP contribution in [0.4, 0.5) is 0 Å². The third kappa shape index (κ3) is 3.81. The maximum Gasteiger partial charge on any atom is 0.246 e. The Labute approximate surface area is 162 Å². The molecule has 0 fully saturated rings. The van der Waals surface area contributed by atoms with E-state index >= 15 is 0 Å². The molecule has 0 bridgehead atoms. The summed E-state index contributed by atoms with van der Waals surface area (Å²) in [5.74, 6) is 2.31. The van der Waals surface area contributed by atoms with Crippen LogP contribution in [0, 0.1) is 6.92 Å². The lowest BCUT2D eigenvalue weighted by molar-refractivity contribution is -0.117. The predicted molar refractivity (Wildman–Crippen MR) is 105 cm³/mol. The lowest BCUT2D eigenvalue weighted by Crippen LogP contribution is -2.06. The first kappa shape index (κ1) is 18.0. The SMILES string of the molecule is CCOc1ccc(CC(=O)Cc2ccc(-c3nn4c(C)ncc4o3)cc2)cc1. The van der Waals surface area contributed by atoms with Crippen molar-refractivity contribution in [2.75, 3.05) is 6.61 Å². The van der Waals surface area contributed by atoms with Crippen molar-refractivity contribution in [2.24, 2.45) is 0 Å². The Hall–Kier alpha value is -3.41. The molecule has 0 saturated carbocycles. The van der Waals surface area contributed by atoms with Gasteiger partial charge in [0.2, 0.25) is 11.6 Å². The molecule has 0 aliphatic carbocycles. The maximum absolute atomic E-state index is 12.4. The van der Waals surface area contributed by atoms with E-state index in [2.05, 4.69) is 10.1 Å². The standard InChI is InChI=1S/C22H21N3O3/c1-3-27-20-10-6-17(7-11-20)13-19(26)12-16-4-8-18(9-5-16)22-24-25-15(2)23-14-21(25)28-22/h4-11,14H,3,12-13H2,1-2H3. The number of carbonyl (C=O) groups excluding carboxylic acids is 1. The van der Waals surface area contributed by atoms with E-state index in [0.717, 1.165) is 28.3 Å². The Balaban J connectivity index is 1.40. The number of aryl methyl sites for hydroxylation is 1. The molecule has 2 heterocycles. The molecule has 0 aliphatic rings. The molecule has 28 heavy (non-hydrogen) atoms. The van der Waals surface area contributed by atoms with Crippen molar-refractivity contribution in [2.45, 2.75) is 26.7 Å². The number of hydrogen-bond acceptors (Lipinski definition) is 5. The van der Waals surface area contributed by atoms with Crippen LogP contribution in [0.2, 0.25) is 0 Å². The molecule has 4 rings (SSSR count). The third-order valence-corrected chi connectivity index (χ3v) is 4.51. The van der Waals surface area contributed by atoms with Gasteiger partial charge in [0.1, 0.15) is 17.4 Å². The Morgan fingerprint density at radius 3 is 2.29 bits per heavy atom. The molecular weight excluding hydrogens is 354 g/mol. The molecule has 6 nitrogen and oxygen atoms in total. The lowest BCUT2D eigenvalue weighted by atomic mass is 10.0. The van der Waals surface area contributed by atoms with Gasteiger partial charge in [-0.15, -0.1) is 5.10 Å². The van der Waals surface area contributed by atoms with Crippen LogP contribution >= 0.6 is 0 Å². The average molecular weight is 375 g/mol. The Morgan fingerprint density at radius 1 is 1.04 bits per heavy atom. The van der Waals surface area contributed by atoms with E-state index in [1.807, 2.05) is 62.4 Å². The number of hydrogen-bond donors (Lipinski definition) is 0. The minimum Gasteiger partial charge on any atom is -0.494 e. The van der Waals surface area contributed by atoms with Crippen molar-refractivity contribution >= 4 is 11.5 Å². The molecule has 0 unspecified atom stereocenters. The normalized spacial score (nSPS) is 11.1. The van der Waals surface area contributed by atoms with E-state index in [1.54, 1.807) is 10.7 Å². The fourth-order valence-corrected chi connectivity index (χ4v) is 3.09. The topological polar surface area (TPSA) is 69.6 Å². The van der Waals surface area contributed by atoms with Crippen molar-refractivity contribution in [3.63, 3.8) is 0 Å². The fraction of sp³-hybridized carbons (Fsp3) is 0.227. The highest BCUT2D eigenvalue weighted by Gasteiger charge is 2.11. The molecule has 142 valence electrons. The largest absolute Gasteiger partial charge is 0.494 e. The van der Waals surface area contributed by atoms with Crippen molar-refractivity contribution < 1.29 is 13.9 Å². The quantitative estimate of drug-likeness (QED) is 0.487. The number of ketones is 1. The second-order valence-electron chi connectivity index (χ2n) is 6.63. The number of aromatic nitrogens is 3. The van der Waals surface area contributed by atoms with Gasteiger partial charge in [0.05, 0.1) is 12.8 Å². The van der Waals surface area contributed by atoms with Gasteiger partial charge in [0.15, 0.2) is 0 Å². The van der Waals surface area contributed by atoms with Crippen LogP contribution in [0.3, 0.4) is 0 Å². The molecule has 0 saturated heterocycles. The average Bonchev–Trinajstić information content (AvgIpc) is 3.26. The van der Waals surface area contributed by atoms with Crippen LogP contribution in [0.5, 0.6) is 5.75 Å². The summed E-state index contributed by atoms with van der Waals surface area (Å²) >= 11 is 0. The van der Waals surface area contributed by atoms with Gasteiger partial charge in [-0.1, -0.05) is 24.3 Å². The highest BCUT2D eigenvalue weighted by atomic mass is 16.5. The minimum atomic E-state index is 0.170. The molecule has 0 aliphatic heterocycles. The second-order valence-corrected chi connectivity index (χ2v) is 6.63. The van der Waals surface area contributed by atoms with E-state index in [-0.39, 0.29) is 5.78 Å². The first-order chi connectivity index (χ1) is 13.6. The molecule has 0 spiro atoms. The zero-order chi connectivity index (χ0) is 19.5. The van der Waals surface area contributed by atoms with Gasteiger partial charge in [-0.25, -0.2) is 4.98 Å². The summed E-state index contributed by atoms with van der Waals surface area (Å²) < 4.78 is 12.8. The van der Waals surface area contributed by atoms with Gasteiger partial charge in [-0.3, -0.25) is 4.79 Å². The molecular formula is C22H21N3O3. The van der Waals surface area contributed by atoms with Crippen LogP contribution in [0.25, 0.3) is 17.2 Å². The molecule has 0 amide bonds. The molecule has 0 atom stereocenters. The molecule has 4 aromatic rings. The highest BCUT2D eigenvalue weighted by molar-refractivity contribution is 5.83. The summed E-state index contributed by atoms with van der Waals surface area (Å²) in [5.41, 5.74) is 3.44. The van der Waals surface area contributed by atoms with Crippen molar-refractivity contribution in [3.05, 3.63) is 71.7 Å². The second kappa shape index (κ2) is 7.68. The highest BCUT2D eigenvalue weighted by Crippen LogP contribution is 2.21. The van der Waals surface area contributed by atoms with E-state index in [4.69, 9.17) is 9.15 Å². The molecule has 0 radical (unpaired) electrons. The number of Topliss-reactive ketones (excluding diaryl/α,β-unsaturated/α-hetero) is 1. The number of rotatable bonds is 7. The monoisotopic (exact) mass is 375 g/mol. The van der Waals surface area contributed by atoms with Gasteiger partial charge >= 0.3 is 0 Å². The fourth-order valence-electron chi connectivity index (χ4n) is 3.09. The van der Waals surface area contributed by atoms with Crippen LogP contribution in [-0.2, 0) is 17.6 Å². The van der Waals surface area contributed by atoms with Gasteiger partial charge in [0, 0.05) is 18.4 Å². The minimum absolute atomic E-state index is 0.170. The summed E-state index contributed by atoms with van der Waals surface area (Å²) in [6.07, 6.45) is 2.45. The summed E-state index contributed by atoms with van der Waals surface area (Å²) in [4.78, 5) is 16.5.